The second-order valence-corrected chi connectivity index (χ2v) is 4.79. The van der Waals surface area contributed by atoms with Crippen LogP contribution in [0.25, 0.3) is 0 Å². The molecule has 1 amide bonds. The van der Waals surface area contributed by atoms with E-state index in [4.69, 9.17) is 4.42 Å². The van der Waals surface area contributed by atoms with Crippen molar-refractivity contribution in [3.05, 3.63) is 24.2 Å². The molecular formula is C13H21NO2. The summed E-state index contributed by atoms with van der Waals surface area (Å²) in [6.07, 6.45) is 3.30. The third-order valence-electron chi connectivity index (χ3n) is 2.45. The average Bonchev–Trinajstić information content (AvgIpc) is 2.65. The van der Waals surface area contributed by atoms with Gasteiger partial charge >= 0.3 is 0 Å². The van der Waals surface area contributed by atoms with Gasteiger partial charge in [0, 0.05) is 6.42 Å². The van der Waals surface area contributed by atoms with E-state index in [0.717, 1.165) is 12.2 Å². The molecule has 1 aromatic heterocycles. The van der Waals surface area contributed by atoms with Gasteiger partial charge in [-0.05, 0) is 30.4 Å². The van der Waals surface area contributed by atoms with Gasteiger partial charge in [0.15, 0.2) is 0 Å². The van der Waals surface area contributed by atoms with Crippen LogP contribution in [0.2, 0.25) is 0 Å². The molecule has 1 N–H and O–H groups in total. The summed E-state index contributed by atoms with van der Waals surface area (Å²) in [6.45, 7) is 6.96. The van der Waals surface area contributed by atoms with Crippen LogP contribution in [0.3, 0.4) is 0 Å². The molecule has 0 aliphatic heterocycles. The van der Waals surface area contributed by atoms with Crippen LogP contribution in [0, 0.1) is 11.8 Å². The lowest BCUT2D eigenvalue weighted by molar-refractivity contribution is -0.122. The fourth-order valence-electron chi connectivity index (χ4n) is 1.88. The molecule has 0 aliphatic carbocycles. The maximum absolute atomic E-state index is 11.6. The predicted octanol–water partition coefficient (Wildman–Crippen LogP) is 2.97. The van der Waals surface area contributed by atoms with Crippen molar-refractivity contribution in [2.75, 3.05) is 0 Å². The molecule has 1 rings (SSSR count). The van der Waals surface area contributed by atoms with Crippen LogP contribution in [0.1, 0.15) is 39.4 Å². The quantitative estimate of drug-likeness (QED) is 0.805. The molecule has 0 bridgehead atoms. The number of carbonyl (C=O) groups excluding carboxylic acids is 1. The van der Waals surface area contributed by atoms with Crippen LogP contribution in [-0.4, -0.2) is 5.91 Å². The van der Waals surface area contributed by atoms with Crippen LogP contribution in [-0.2, 0) is 11.3 Å². The number of carbonyl (C=O) groups is 1. The van der Waals surface area contributed by atoms with Crippen molar-refractivity contribution in [3.63, 3.8) is 0 Å². The first kappa shape index (κ1) is 12.8. The lowest BCUT2D eigenvalue weighted by Crippen LogP contribution is -2.24. The van der Waals surface area contributed by atoms with Gasteiger partial charge in [0.25, 0.3) is 0 Å². The third-order valence-corrected chi connectivity index (χ3v) is 2.45. The van der Waals surface area contributed by atoms with Crippen LogP contribution in [0.4, 0.5) is 0 Å². The minimum atomic E-state index is 0.101. The van der Waals surface area contributed by atoms with Crippen LogP contribution in [0.15, 0.2) is 22.8 Å². The molecule has 3 nitrogen and oxygen atoms in total. The van der Waals surface area contributed by atoms with Gasteiger partial charge in [0.1, 0.15) is 5.76 Å². The molecule has 90 valence electrons. The normalized spacial score (nSPS) is 12.8. The van der Waals surface area contributed by atoms with E-state index in [0.29, 0.717) is 24.8 Å². The fraction of sp³-hybridized carbons (Fsp3) is 0.615. The zero-order valence-corrected chi connectivity index (χ0v) is 10.3. The number of hydrogen-bond acceptors (Lipinski definition) is 2. The Morgan fingerprint density at radius 3 is 2.75 bits per heavy atom. The topological polar surface area (TPSA) is 42.2 Å². The van der Waals surface area contributed by atoms with Gasteiger partial charge in [-0.1, -0.05) is 20.8 Å². The highest BCUT2D eigenvalue weighted by atomic mass is 16.3. The zero-order valence-electron chi connectivity index (χ0n) is 10.3. The van der Waals surface area contributed by atoms with Crippen molar-refractivity contribution in [2.24, 2.45) is 11.8 Å². The Bertz CT molecular complexity index is 304. The Kier molecular flexibility index (Phi) is 5.09. The summed E-state index contributed by atoms with van der Waals surface area (Å²) >= 11 is 0. The molecular weight excluding hydrogens is 202 g/mol. The zero-order chi connectivity index (χ0) is 12.0. The Hall–Kier alpha value is -1.25. The highest BCUT2D eigenvalue weighted by Crippen LogP contribution is 2.14. The lowest BCUT2D eigenvalue weighted by Gasteiger charge is -2.13. The molecule has 1 aromatic rings. The smallest absolute Gasteiger partial charge is 0.220 e. The third kappa shape index (κ3) is 5.01. The highest BCUT2D eigenvalue weighted by molar-refractivity contribution is 5.75. The minimum absolute atomic E-state index is 0.101. The van der Waals surface area contributed by atoms with Crippen LogP contribution >= 0.6 is 0 Å². The molecule has 0 radical (unpaired) electrons. The van der Waals surface area contributed by atoms with E-state index < -0.39 is 0 Å². The molecule has 1 unspecified atom stereocenters. The van der Waals surface area contributed by atoms with Gasteiger partial charge in [-0.15, -0.1) is 0 Å². The van der Waals surface area contributed by atoms with E-state index in [1.165, 1.54) is 0 Å². The summed E-state index contributed by atoms with van der Waals surface area (Å²) < 4.78 is 5.14. The molecule has 0 spiro atoms. The van der Waals surface area contributed by atoms with Crippen molar-refractivity contribution in [1.29, 1.82) is 0 Å². The van der Waals surface area contributed by atoms with E-state index >= 15 is 0 Å². The minimum Gasteiger partial charge on any atom is -0.467 e. The van der Waals surface area contributed by atoms with E-state index in [9.17, 15) is 4.79 Å². The molecule has 1 atom stereocenters. The molecule has 0 aliphatic rings. The van der Waals surface area contributed by atoms with E-state index in [-0.39, 0.29) is 5.91 Å². The molecule has 0 aromatic carbocycles. The van der Waals surface area contributed by atoms with Crippen molar-refractivity contribution in [2.45, 2.75) is 40.2 Å². The summed E-state index contributed by atoms with van der Waals surface area (Å²) in [5.41, 5.74) is 0. The maximum Gasteiger partial charge on any atom is 0.220 e. The van der Waals surface area contributed by atoms with Gasteiger partial charge in [-0.3, -0.25) is 4.79 Å². The molecule has 16 heavy (non-hydrogen) atoms. The van der Waals surface area contributed by atoms with Gasteiger partial charge in [0.2, 0.25) is 5.91 Å². The maximum atomic E-state index is 11.6. The van der Waals surface area contributed by atoms with Gasteiger partial charge in [-0.25, -0.2) is 0 Å². The number of hydrogen-bond donors (Lipinski definition) is 1. The predicted molar refractivity (Wildman–Crippen MR) is 63.8 cm³/mol. The van der Waals surface area contributed by atoms with Crippen LogP contribution < -0.4 is 5.32 Å². The summed E-state index contributed by atoms with van der Waals surface area (Å²) in [7, 11) is 0. The lowest BCUT2D eigenvalue weighted by atomic mass is 9.96. The van der Waals surface area contributed by atoms with E-state index in [1.807, 2.05) is 12.1 Å². The second kappa shape index (κ2) is 6.36. The first-order chi connectivity index (χ1) is 7.58. The molecule has 1 heterocycles. The number of furan rings is 1. The SMILES string of the molecule is CC(C)CC(C)CC(=O)NCc1ccco1. The summed E-state index contributed by atoms with van der Waals surface area (Å²) in [6, 6.07) is 3.68. The number of nitrogens with one attached hydrogen (secondary N) is 1. The van der Waals surface area contributed by atoms with Crippen molar-refractivity contribution in [3.8, 4) is 0 Å². The highest BCUT2D eigenvalue weighted by Gasteiger charge is 2.10. The summed E-state index contributed by atoms with van der Waals surface area (Å²) in [4.78, 5) is 11.6. The monoisotopic (exact) mass is 223 g/mol. The van der Waals surface area contributed by atoms with E-state index in [1.54, 1.807) is 6.26 Å². The average molecular weight is 223 g/mol. The molecule has 0 saturated carbocycles. The van der Waals surface area contributed by atoms with Crippen molar-refractivity contribution >= 4 is 5.91 Å². The second-order valence-electron chi connectivity index (χ2n) is 4.79. The Balaban J connectivity index is 2.20. The van der Waals surface area contributed by atoms with Crippen LogP contribution in [0.5, 0.6) is 0 Å². The number of rotatable bonds is 6. The Morgan fingerprint density at radius 2 is 2.19 bits per heavy atom. The Morgan fingerprint density at radius 1 is 1.44 bits per heavy atom. The van der Waals surface area contributed by atoms with Gasteiger partial charge < -0.3 is 9.73 Å². The van der Waals surface area contributed by atoms with Crippen molar-refractivity contribution < 1.29 is 9.21 Å². The fourth-order valence-corrected chi connectivity index (χ4v) is 1.88. The Labute approximate surface area is 97.2 Å². The molecule has 3 heteroatoms. The van der Waals surface area contributed by atoms with Gasteiger partial charge in [-0.2, -0.15) is 0 Å². The standard InChI is InChI=1S/C13H21NO2/c1-10(2)7-11(3)8-13(15)14-9-12-5-4-6-16-12/h4-6,10-11H,7-9H2,1-3H3,(H,14,15). The van der Waals surface area contributed by atoms with Crippen molar-refractivity contribution in [1.82, 2.24) is 5.32 Å². The van der Waals surface area contributed by atoms with Gasteiger partial charge in [0.05, 0.1) is 12.8 Å². The van der Waals surface area contributed by atoms with E-state index in [2.05, 4.69) is 26.1 Å². The largest absolute Gasteiger partial charge is 0.467 e. The summed E-state index contributed by atoms with van der Waals surface area (Å²) in [5, 5.41) is 2.86. The molecule has 0 saturated heterocycles. The molecule has 0 fully saturated rings. The number of amides is 1. The summed E-state index contributed by atoms with van der Waals surface area (Å²) in [5.74, 6) is 1.99. The first-order valence-electron chi connectivity index (χ1n) is 5.87. The first-order valence-corrected chi connectivity index (χ1v) is 5.87.